The fourth-order valence-electron chi connectivity index (χ4n) is 1.88. The largest absolute Gasteiger partial charge is 0.0756 e. The van der Waals surface area contributed by atoms with E-state index in [1.54, 1.807) is 0 Å². The highest BCUT2D eigenvalue weighted by Gasteiger charge is 2.34. The summed E-state index contributed by atoms with van der Waals surface area (Å²) in [6, 6.07) is 0. The monoisotopic (exact) mass is 185 g/mol. The van der Waals surface area contributed by atoms with E-state index in [1.165, 1.54) is 0 Å². The second-order valence-corrected chi connectivity index (χ2v) is 12.4. The molecule has 0 aromatic heterocycles. The zero-order valence-corrected chi connectivity index (χ0v) is 11.0. The lowest BCUT2D eigenvalue weighted by Crippen LogP contribution is -2.39. The molecule has 0 nitrogen and oxygen atoms in total. The molecule has 11 heavy (non-hydrogen) atoms. The fraction of sp³-hybridized carbons (Fsp3) is 1.00. The Morgan fingerprint density at radius 1 is 0.818 bits per heavy atom. The minimum absolute atomic E-state index is 0.187. The van der Waals surface area contributed by atoms with Gasteiger partial charge in [0.2, 0.25) is 0 Å². The van der Waals surface area contributed by atoms with Gasteiger partial charge in [-0.1, -0.05) is 48.1 Å². The van der Waals surface area contributed by atoms with Crippen LogP contribution in [0.1, 0.15) is 41.5 Å². The van der Waals surface area contributed by atoms with E-state index in [9.17, 15) is 0 Å². The van der Waals surface area contributed by atoms with Crippen molar-refractivity contribution in [3.05, 3.63) is 0 Å². The molecule has 0 saturated carbocycles. The Morgan fingerprint density at radius 2 is 1.09 bits per heavy atom. The van der Waals surface area contributed by atoms with Gasteiger partial charge in [-0.05, 0) is 10.1 Å². The molecule has 0 amide bonds. The van der Waals surface area contributed by atoms with E-state index in [0.717, 1.165) is 9.04 Å². The van der Waals surface area contributed by atoms with Crippen LogP contribution in [0.5, 0.6) is 0 Å². The highest BCUT2D eigenvalue weighted by Crippen LogP contribution is 2.40. The summed E-state index contributed by atoms with van der Waals surface area (Å²) in [7, 11) is 0.966. The van der Waals surface area contributed by atoms with Crippen molar-refractivity contribution in [1.29, 1.82) is 0 Å². The van der Waals surface area contributed by atoms with Crippen LogP contribution in [0, 0.1) is 0 Å². The van der Waals surface area contributed by atoms with E-state index < -0.39 is 0 Å². The molecule has 0 atom stereocenters. The van der Waals surface area contributed by atoms with E-state index in [0.29, 0.717) is 10.1 Å². The van der Waals surface area contributed by atoms with Crippen LogP contribution >= 0.6 is 0 Å². The zero-order valence-electron chi connectivity index (χ0n) is 9.00. The quantitative estimate of drug-likeness (QED) is 0.550. The Hall–Kier alpha value is 0.434. The van der Waals surface area contributed by atoms with Gasteiger partial charge < -0.3 is 0 Å². The summed E-state index contributed by atoms with van der Waals surface area (Å²) in [6.07, 6.45) is 0. The molecule has 0 aromatic carbocycles. The molecule has 0 bridgehead atoms. The minimum Gasteiger partial charge on any atom is -0.0756 e. The molecule has 0 aliphatic carbocycles. The first kappa shape index (κ1) is 11.4. The van der Waals surface area contributed by atoms with Gasteiger partial charge in [0, 0.05) is 17.4 Å². The number of rotatable bonds is 1. The maximum atomic E-state index is 2.39. The van der Waals surface area contributed by atoms with Crippen molar-refractivity contribution in [1.82, 2.24) is 0 Å². The second kappa shape index (κ2) is 3.44. The first-order chi connectivity index (χ1) is 4.69. The first-order valence-corrected chi connectivity index (χ1v) is 8.25. The molecule has 3 radical (unpaired) electrons. The van der Waals surface area contributed by atoms with Crippen molar-refractivity contribution in [2.75, 3.05) is 0 Å². The molecule has 0 saturated heterocycles. The molecular formula is C9H21Si2. The van der Waals surface area contributed by atoms with Gasteiger partial charge in [0.1, 0.15) is 0 Å². The molecule has 0 heterocycles. The topological polar surface area (TPSA) is 0 Å². The van der Waals surface area contributed by atoms with Gasteiger partial charge in [-0.2, -0.15) is 0 Å². The Bertz CT molecular complexity index is 103. The lowest BCUT2D eigenvalue weighted by atomic mass is 10.2. The third-order valence-electron chi connectivity index (χ3n) is 1.75. The van der Waals surface area contributed by atoms with Crippen LogP contribution in [0.15, 0.2) is 0 Å². The predicted molar refractivity (Wildman–Crippen MR) is 56.8 cm³/mol. The van der Waals surface area contributed by atoms with Crippen LogP contribution in [0.4, 0.5) is 0 Å². The second-order valence-electron chi connectivity index (χ2n) is 5.12. The summed E-state index contributed by atoms with van der Waals surface area (Å²) >= 11 is 0. The summed E-state index contributed by atoms with van der Waals surface area (Å²) < 4.78 is 0. The van der Waals surface area contributed by atoms with Crippen molar-refractivity contribution in [3.63, 3.8) is 0 Å². The van der Waals surface area contributed by atoms with Crippen molar-refractivity contribution >= 4 is 17.4 Å². The third kappa shape index (κ3) is 3.56. The highest BCUT2D eigenvalue weighted by molar-refractivity contribution is 7.14. The molecular weight excluding hydrogens is 164 g/mol. The zero-order chi connectivity index (χ0) is 9.28. The standard InChI is InChI=1S/C9H21Si2/c1-8(2,3)11(10-7)9(4,5)6/h1-7H3. The summed E-state index contributed by atoms with van der Waals surface area (Å²) in [4.78, 5) is 0. The number of hydrogen-bond acceptors (Lipinski definition) is 0. The molecule has 0 spiro atoms. The Kier molecular flexibility index (Phi) is 3.57. The summed E-state index contributed by atoms with van der Waals surface area (Å²) in [5, 5.41) is 1.13. The fourth-order valence-corrected chi connectivity index (χ4v) is 10.1. The van der Waals surface area contributed by atoms with E-state index in [1.807, 2.05) is 0 Å². The molecule has 0 fully saturated rings. The van der Waals surface area contributed by atoms with E-state index in [2.05, 4.69) is 48.1 Å². The van der Waals surface area contributed by atoms with Gasteiger partial charge in [-0.3, -0.25) is 0 Å². The predicted octanol–water partition coefficient (Wildman–Crippen LogP) is 3.33. The van der Waals surface area contributed by atoms with Crippen molar-refractivity contribution < 1.29 is 0 Å². The average molecular weight is 185 g/mol. The first-order valence-electron chi connectivity index (χ1n) is 4.25. The summed E-state index contributed by atoms with van der Waals surface area (Å²) in [6.45, 7) is 16.7. The lowest BCUT2D eigenvalue weighted by molar-refractivity contribution is 0.659. The summed E-state index contributed by atoms with van der Waals surface area (Å²) in [5.74, 6) is 0. The highest BCUT2D eigenvalue weighted by atomic mass is 29.2. The van der Waals surface area contributed by atoms with E-state index >= 15 is 0 Å². The maximum absolute atomic E-state index is 2.39. The minimum atomic E-state index is -0.187. The van der Waals surface area contributed by atoms with Gasteiger partial charge in [0.15, 0.2) is 0 Å². The normalized spacial score (nSPS) is 14.2. The molecule has 0 aromatic rings. The smallest absolute Gasteiger partial charge is 0.0462 e. The van der Waals surface area contributed by atoms with Crippen LogP contribution in [-0.2, 0) is 0 Å². The Labute approximate surface area is 76.0 Å². The van der Waals surface area contributed by atoms with Gasteiger partial charge >= 0.3 is 0 Å². The average Bonchev–Trinajstić information content (AvgIpc) is 1.56. The van der Waals surface area contributed by atoms with Gasteiger partial charge in [0.25, 0.3) is 0 Å². The van der Waals surface area contributed by atoms with E-state index in [-0.39, 0.29) is 8.31 Å². The van der Waals surface area contributed by atoms with E-state index in [4.69, 9.17) is 0 Å². The molecule has 0 unspecified atom stereocenters. The van der Waals surface area contributed by atoms with Gasteiger partial charge in [-0.15, -0.1) is 0 Å². The molecule has 2 heteroatoms. The van der Waals surface area contributed by atoms with Gasteiger partial charge in [-0.25, -0.2) is 0 Å². The number of hydrogen-bond donors (Lipinski definition) is 0. The van der Waals surface area contributed by atoms with Crippen LogP contribution in [0.3, 0.4) is 0 Å². The van der Waals surface area contributed by atoms with Crippen molar-refractivity contribution in [3.8, 4) is 0 Å². The van der Waals surface area contributed by atoms with Crippen molar-refractivity contribution in [2.24, 2.45) is 0 Å². The molecule has 0 aliphatic rings. The van der Waals surface area contributed by atoms with Crippen molar-refractivity contribution in [2.45, 2.75) is 58.2 Å². The van der Waals surface area contributed by atoms with Crippen LogP contribution in [-0.4, -0.2) is 17.4 Å². The molecule has 0 N–H and O–H groups in total. The molecule has 0 rings (SSSR count). The van der Waals surface area contributed by atoms with Crippen LogP contribution in [0.2, 0.25) is 16.6 Å². The van der Waals surface area contributed by atoms with Crippen LogP contribution in [0.25, 0.3) is 0 Å². The Morgan fingerprint density at radius 3 is 1.09 bits per heavy atom. The Balaban J connectivity index is 4.43. The van der Waals surface area contributed by atoms with Crippen LogP contribution < -0.4 is 0 Å². The third-order valence-corrected chi connectivity index (χ3v) is 11.2. The molecule has 0 aliphatic heterocycles. The SMILES string of the molecule is C[Si][Si](C(C)(C)C)C(C)(C)C. The lowest BCUT2D eigenvalue weighted by Gasteiger charge is -2.38. The maximum Gasteiger partial charge on any atom is 0.0462 e. The summed E-state index contributed by atoms with van der Waals surface area (Å²) in [5.41, 5.74) is 0. The van der Waals surface area contributed by atoms with Gasteiger partial charge in [0.05, 0.1) is 0 Å². The molecule has 65 valence electrons.